The molecule has 0 fully saturated rings. The van der Waals surface area contributed by atoms with Crippen LogP contribution < -0.4 is 0 Å². The van der Waals surface area contributed by atoms with Gasteiger partial charge < -0.3 is 19.7 Å². The minimum Gasteiger partial charge on any atom is -0.507 e. The second-order valence-electron chi connectivity index (χ2n) is 17.4. The van der Waals surface area contributed by atoms with Crippen LogP contribution in [0.5, 0.6) is 11.5 Å². The van der Waals surface area contributed by atoms with Crippen molar-refractivity contribution in [1.82, 2.24) is 0 Å². The van der Waals surface area contributed by atoms with Crippen LogP contribution in [0.15, 0.2) is 24.3 Å². The van der Waals surface area contributed by atoms with Crippen LogP contribution in [0.2, 0.25) is 0 Å². The Morgan fingerprint density at radius 1 is 0.596 bits per heavy atom. The van der Waals surface area contributed by atoms with Crippen molar-refractivity contribution in [3.63, 3.8) is 0 Å². The fourth-order valence-electron chi connectivity index (χ4n) is 5.77. The Labute approximate surface area is 285 Å². The summed E-state index contributed by atoms with van der Waals surface area (Å²) in [6, 6.07) is 8.08. The van der Waals surface area contributed by atoms with Crippen molar-refractivity contribution in [2.45, 2.75) is 169 Å². The smallest absolute Gasteiger partial charge is 0.306 e. The Bertz CT molecular complexity index is 1290. The molecule has 1 unspecified atom stereocenters. The molecule has 0 spiro atoms. The van der Waals surface area contributed by atoms with Crippen molar-refractivity contribution in [3.05, 3.63) is 57.6 Å². The maximum Gasteiger partial charge on any atom is 0.306 e. The SMILES string of the molecule is CC(CCCCCOC(=O)CCc1cc(C(C)(C)C)c(O)c(C(C)(C)C)c1)OC(=O)CCc1cc(C(C)(C)C)c(O)c(C(C)(C)C)c1. The number of aryl methyl sites for hydroxylation is 2. The highest BCUT2D eigenvalue weighted by atomic mass is 16.5. The molecule has 2 aromatic carbocycles. The summed E-state index contributed by atoms with van der Waals surface area (Å²) in [5.41, 5.74) is 4.80. The number of esters is 2. The number of phenols is 2. The average Bonchev–Trinajstić information content (AvgIpc) is 2.91. The largest absolute Gasteiger partial charge is 0.507 e. The highest BCUT2D eigenvalue weighted by molar-refractivity contribution is 5.70. The Morgan fingerprint density at radius 3 is 1.32 bits per heavy atom. The second kappa shape index (κ2) is 15.9. The Kier molecular flexibility index (Phi) is 13.6. The minimum absolute atomic E-state index is 0.179. The summed E-state index contributed by atoms with van der Waals surface area (Å²) in [6.45, 7) is 27.3. The van der Waals surface area contributed by atoms with Gasteiger partial charge in [-0.2, -0.15) is 0 Å². The molecule has 2 rings (SSSR count). The van der Waals surface area contributed by atoms with Crippen molar-refractivity contribution in [2.75, 3.05) is 6.61 Å². The second-order valence-corrected chi connectivity index (χ2v) is 17.4. The standard InChI is InChI=1S/C41H64O6/c1-27(47-35(43)21-19-29-25-32(40(8,9)10)37(45)33(26-29)41(11,12)13)17-15-14-16-22-46-34(42)20-18-28-23-30(38(2,3)4)36(44)31(24-28)39(5,6)7/h23-27,44-45H,14-22H2,1-13H3. The van der Waals surface area contributed by atoms with Gasteiger partial charge in [0, 0.05) is 12.8 Å². The molecular formula is C41H64O6. The van der Waals surface area contributed by atoms with Crippen molar-refractivity contribution in [3.8, 4) is 11.5 Å². The van der Waals surface area contributed by atoms with Gasteiger partial charge in [0.15, 0.2) is 0 Å². The van der Waals surface area contributed by atoms with Gasteiger partial charge in [0.1, 0.15) is 11.5 Å². The molecule has 0 aromatic heterocycles. The fourth-order valence-corrected chi connectivity index (χ4v) is 5.77. The number of ether oxygens (including phenoxy) is 2. The fraction of sp³-hybridized carbons (Fsp3) is 0.659. The molecule has 264 valence electrons. The summed E-state index contributed by atoms with van der Waals surface area (Å²) in [5, 5.41) is 21.9. The molecule has 0 aliphatic rings. The maximum absolute atomic E-state index is 12.6. The van der Waals surface area contributed by atoms with Crippen molar-refractivity contribution >= 4 is 11.9 Å². The van der Waals surface area contributed by atoms with Crippen LogP contribution >= 0.6 is 0 Å². The minimum atomic E-state index is -0.216. The van der Waals surface area contributed by atoms with Gasteiger partial charge in [0.2, 0.25) is 0 Å². The third kappa shape index (κ3) is 12.5. The average molecular weight is 653 g/mol. The monoisotopic (exact) mass is 652 g/mol. The molecule has 0 aliphatic heterocycles. The van der Waals surface area contributed by atoms with E-state index < -0.39 is 0 Å². The zero-order valence-corrected chi connectivity index (χ0v) is 31.8. The van der Waals surface area contributed by atoms with E-state index in [0.717, 1.165) is 59.1 Å². The summed E-state index contributed by atoms with van der Waals surface area (Å²) < 4.78 is 11.2. The van der Waals surface area contributed by atoms with E-state index in [4.69, 9.17) is 9.47 Å². The van der Waals surface area contributed by atoms with Crippen LogP contribution in [0.1, 0.15) is 162 Å². The first-order chi connectivity index (χ1) is 21.4. The summed E-state index contributed by atoms with van der Waals surface area (Å²) in [4.78, 5) is 25.1. The molecule has 47 heavy (non-hydrogen) atoms. The number of carbonyl (C=O) groups excluding carboxylic acids is 2. The number of phenolic OH excluding ortho intramolecular Hbond substituents is 2. The van der Waals surface area contributed by atoms with E-state index in [-0.39, 0.29) is 46.1 Å². The van der Waals surface area contributed by atoms with Gasteiger partial charge in [-0.05, 0) is 100 Å². The molecule has 6 heteroatoms. The lowest BCUT2D eigenvalue weighted by Crippen LogP contribution is -2.18. The normalized spacial score (nSPS) is 13.4. The third-order valence-corrected chi connectivity index (χ3v) is 8.66. The number of hydrogen-bond acceptors (Lipinski definition) is 6. The molecule has 2 N–H and O–H groups in total. The number of benzene rings is 2. The maximum atomic E-state index is 12.6. The molecule has 0 amide bonds. The molecule has 1 atom stereocenters. The summed E-state index contributed by atoms with van der Waals surface area (Å²) in [6.07, 6.45) is 4.82. The molecule has 0 aliphatic carbocycles. The number of unbranched alkanes of at least 4 members (excludes halogenated alkanes) is 2. The highest BCUT2D eigenvalue weighted by Crippen LogP contribution is 2.41. The van der Waals surface area contributed by atoms with Crippen LogP contribution in [-0.2, 0) is 53.6 Å². The first-order valence-corrected chi connectivity index (χ1v) is 17.5. The predicted octanol–water partition coefficient (Wildman–Crippen LogP) is 9.89. The number of aromatic hydroxyl groups is 2. The van der Waals surface area contributed by atoms with Crippen molar-refractivity contribution in [2.24, 2.45) is 0 Å². The van der Waals surface area contributed by atoms with Gasteiger partial charge in [0.05, 0.1) is 12.7 Å². The van der Waals surface area contributed by atoms with Crippen molar-refractivity contribution < 1.29 is 29.3 Å². The first-order valence-electron chi connectivity index (χ1n) is 17.5. The van der Waals surface area contributed by atoms with Crippen molar-refractivity contribution in [1.29, 1.82) is 0 Å². The summed E-state index contributed by atoms with van der Waals surface area (Å²) in [7, 11) is 0. The molecule has 6 nitrogen and oxygen atoms in total. The van der Waals surface area contributed by atoms with E-state index in [2.05, 4.69) is 83.1 Å². The van der Waals surface area contributed by atoms with Crippen LogP contribution in [-0.4, -0.2) is 34.9 Å². The van der Waals surface area contributed by atoms with Gasteiger partial charge in [-0.1, -0.05) is 107 Å². The lowest BCUT2D eigenvalue weighted by atomic mass is 9.78. The molecule has 0 saturated heterocycles. The van der Waals surface area contributed by atoms with E-state index in [1.165, 1.54) is 0 Å². The zero-order chi connectivity index (χ0) is 36.0. The van der Waals surface area contributed by atoms with Gasteiger partial charge in [-0.15, -0.1) is 0 Å². The van der Waals surface area contributed by atoms with Gasteiger partial charge in [-0.3, -0.25) is 9.59 Å². The molecular weight excluding hydrogens is 588 g/mol. The lowest BCUT2D eigenvalue weighted by Gasteiger charge is -2.28. The topological polar surface area (TPSA) is 93.1 Å². The van der Waals surface area contributed by atoms with Crippen LogP contribution in [0.3, 0.4) is 0 Å². The Balaban J connectivity index is 1.76. The van der Waals surface area contributed by atoms with E-state index in [9.17, 15) is 19.8 Å². The number of carbonyl (C=O) groups is 2. The Hall–Kier alpha value is -3.02. The molecule has 0 bridgehead atoms. The van der Waals surface area contributed by atoms with E-state index >= 15 is 0 Å². The first kappa shape index (κ1) is 40.2. The Morgan fingerprint density at radius 2 is 0.957 bits per heavy atom. The van der Waals surface area contributed by atoms with E-state index in [1.54, 1.807) is 0 Å². The summed E-state index contributed by atoms with van der Waals surface area (Å²) in [5.74, 6) is 0.261. The third-order valence-electron chi connectivity index (χ3n) is 8.66. The predicted molar refractivity (Wildman–Crippen MR) is 193 cm³/mol. The molecule has 0 saturated carbocycles. The zero-order valence-electron chi connectivity index (χ0n) is 31.8. The molecule has 0 radical (unpaired) electrons. The summed E-state index contributed by atoms with van der Waals surface area (Å²) >= 11 is 0. The number of rotatable bonds is 13. The molecule has 2 aromatic rings. The quantitative estimate of drug-likeness (QED) is 0.165. The number of hydrogen-bond donors (Lipinski definition) is 2. The van der Waals surface area contributed by atoms with Gasteiger partial charge >= 0.3 is 11.9 Å². The van der Waals surface area contributed by atoms with Gasteiger partial charge in [0.25, 0.3) is 0 Å². The van der Waals surface area contributed by atoms with Crippen LogP contribution in [0, 0.1) is 0 Å². The van der Waals surface area contributed by atoms with E-state index in [1.807, 2.05) is 31.2 Å². The molecule has 0 heterocycles. The lowest BCUT2D eigenvalue weighted by molar-refractivity contribution is -0.148. The highest BCUT2D eigenvalue weighted by Gasteiger charge is 2.28. The van der Waals surface area contributed by atoms with Crippen LogP contribution in [0.25, 0.3) is 0 Å². The van der Waals surface area contributed by atoms with Gasteiger partial charge in [-0.25, -0.2) is 0 Å². The van der Waals surface area contributed by atoms with Crippen LogP contribution in [0.4, 0.5) is 0 Å². The van der Waals surface area contributed by atoms with E-state index in [0.29, 0.717) is 37.4 Å².